The molecule has 0 bridgehead atoms. The lowest BCUT2D eigenvalue weighted by Gasteiger charge is -2.21. The Bertz CT molecular complexity index is 501. The van der Waals surface area contributed by atoms with Crippen molar-refractivity contribution in [2.75, 3.05) is 6.54 Å². The molecule has 1 atom stereocenters. The maximum atomic E-state index is 13.6. The molecule has 1 amide bonds. The summed E-state index contributed by atoms with van der Waals surface area (Å²) in [7, 11) is 0. The van der Waals surface area contributed by atoms with Gasteiger partial charge in [0.1, 0.15) is 11.4 Å². The lowest BCUT2D eigenvalue weighted by atomic mass is 9.93. The molecule has 0 aromatic heterocycles. The maximum absolute atomic E-state index is 13.6. The SMILES string of the molecule is CCN=C1NC(=O)C(C)(Cc2ccccc2F)N1. The molecule has 1 fully saturated rings. The van der Waals surface area contributed by atoms with Gasteiger partial charge in [-0.3, -0.25) is 15.1 Å². The summed E-state index contributed by atoms with van der Waals surface area (Å²) < 4.78 is 13.6. The zero-order valence-electron chi connectivity index (χ0n) is 10.5. The van der Waals surface area contributed by atoms with Gasteiger partial charge in [-0.25, -0.2) is 4.39 Å². The average molecular weight is 249 g/mol. The number of rotatable bonds is 3. The first-order valence-electron chi connectivity index (χ1n) is 5.92. The summed E-state index contributed by atoms with van der Waals surface area (Å²) in [6.45, 7) is 4.21. The van der Waals surface area contributed by atoms with Gasteiger partial charge in [-0.15, -0.1) is 0 Å². The van der Waals surface area contributed by atoms with E-state index in [0.29, 0.717) is 18.1 Å². The van der Waals surface area contributed by atoms with E-state index >= 15 is 0 Å². The highest BCUT2D eigenvalue weighted by molar-refractivity contribution is 6.08. The molecule has 0 radical (unpaired) electrons. The van der Waals surface area contributed by atoms with Crippen LogP contribution in [-0.2, 0) is 11.2 Å². The van der Waals surface area contributed by atoms with E-state index in [0.717, 1.165) is 0 Å². The third kappa shape index (κ3) is 2.34. The number of aliphatic imine (C=N–C) groups is 1. The van der Waals surface area contributed by atoms with Gasteiger partial charge in [0.15, 0.2) is 5.96 Å². The van der Waals surface area contributed by atoms with Crippen molar-refractivity contribution in [2.45, 2.75) is 25.8 Å². The van der Waals surface area contributed by atoms with Crippen LogP contribution in [0.25, 0.3) is 0 Å². The summed E-state index contributed by atoms with van der Waals surface area (Å²) in [6.07, 6.45) is 0.286. The number of benzene rings is 1. The van der Waals surface area contributed by atoms with Crippen LogP contribution in [0.4, 0.5) is 4.39 Å². The van der Waals surface area contributed by atoms with Crippen LogP contribution < -0.4 is 10.6 Å². The summed E-state index contributed by atoms with van der Waals surface area (Å²) in [5.74, 6) is -0.0199. The van der Waals surface area contributed by atoms with Gasteiger partial charge in [0.2, 0.25) is 0 Å². The Labute approximate surface area is 105 Å². The molecular formula is C13H16FN3O. The Balaban J connectivity index is 2.21. The molecule has 1 unspecified atom stereocenters. The van der Waals surface area contributed by atoms with Crippen molar-refractivity contribution >= 4 is 11.9 Å². The lowest BCUT2D eigenvalue weighted by Crippen LogP contribution is -2.46. The number of halogens is 1. The van der Waals surface area contributed by atoms with Crippen molar-refractivity contribution in [3.63, 3.8) is 0 Å². The third-order valence-electron chi connectivity index (χ3n) is 2.95. The van der Waals surface area contributed by atoms with Crippen LogP contribution in [0.2, 0.25) is 0 Å². The minimum atomic E-state index is -0.851. The molecule has 0 saturated carbocycles. The summed E-state index contributed by atoms with van der Waals surface area (Å²) in [5.41, 5.74) is -0.337. The predicted octanol–water partition coefficient (Wildman–Crippen LogP) is 1.22. The van der Waals surface area contributed by atoms with E-state index < -0.39 is 5.54 Å². The van der Waals surface area contributed by atoms with Crippen LogP contribution in [0.3, 0.4) is 0 Å². The molecule has 96 valence electrons. The molecular weight excluding hydrogens is 233 g/mol. The van der Waals surface area contributed by atoms with Crippen molar-refractivity contribution < 1.29 is 9.18 Å². The Morgan fingerprint density at radius 1 is 1.39 bits per heavy atom. The standard InChI is InChI=1S/C13H16FN3O/c1-3-15-12-16-11(18)13(2,17-12)8-9-6-4-5-7-10(9)14/h4-7H,3,8H2,1-2H3,(H2,15,16,17,18). The first kappa shape index (κ1) is 12.5. The number of amides is 1. The van der Waals surface area contributed by atoms with Gasteiger partial charge in [0, 0.05) is 13.0 Å². The number of nitrogens with one attached hydrogen (secondary N) is 2. The van der Waals surface area contributed by atoms with Crippen molar-refractivity contribution in [3.05, 3.63) is 35.6 Å². The molecule has 0 spiro atoms. The number of carbonyl (C=O) groups excluding carboxylic acids is 1. The number of hydrogen-bond donors (Lipinski definition) is 2. The fourth-order valence-corrected chi connectivity index (χ4v) is 1.98. The molecule has 4 nitrogen and oxygen atoms in total. The predicted molar refractivity (Wildman–Crippen MR) is 67.8 cm³/mol. The second kappa shape index (κ2) is 4.76. The molecule has 5 heteroatoms. The van der Waals surface area contributed by atoms with E-state index in [1.54, 1.807) is 25.1 Å². The minimum Gasteiger partial charge on any atom is -0.342 e. The minimum absolute atomic E-state index is 0.182. The summed E-state index contributed by atoms with van der Waals surface area (Å²) in [6, 6.07) is 6.47. The van der Waals surface area contributed by atoms with Crippen LogP contribution >= 0.6 is 0 Å². The van der Waals surface area contributed by atoms with E-state index in [-0.39, 0.29) is 18.1 Å². The van der Waals surface area contributed by atoms with Gasteiger partial charge in [0.25, 0.3) is 5.91 Å². The first-order chi connectivity index (χ1) is 8.55. The zero-order valence-corrected chi connectivity index (χ0v) is 10.5. The van der Waals surface area contributed by atoms with Crippen molar-refractivity contribution in [3.8, 4) is 0 Å². The number of nitrogens with zero attached hydrogens (tertiary/aromatic N) is 1. The van der Waals surface area contributed by atoms with Gasteiger partial charge in [-0.05, 0) is 25.5 Å². The Morgan fingerprint density at radius 2 is 2.11 bits per heavy atom. The van der Waals surface area contributed by atoms with Crippen molar-refractivity contribution in [2.24, 2.45) is 4.99 Å². The third-order valence-corrected chi connectivity index (χ3v) is 2.95. The van der Waals surface area contributed by atoms with E-state index in [1.807, 2.05) is 6.92 Å². The van der Waals surface area contributed by atoms with Gasteiger partial charge in [-0.2, -0.15) is 0 Å². The molecule has 18 heavy (non-hydrogen) atoms. The van der Waals surface area contributed by atoms with E-state index in [4.69, 9.17) is 0 Å². The van der Waals surface area contributed by atoms with Gasteiger partial charge < -0.3 is 5.32 Å². The van der Waals surface area contributed by atoms with Crippen LogP contribution in [0.15, 0.2) is 29.3 Å². The molecule has 2 rings (SSSR count). The van der Waals surface area contributed by atoms with E-state index in [9.17, 15) is 9.18 Å². The van der Waals surface area contributed by atoms with Crippen LogP contribution in [0, 0.1) is 5.82 Å². The Hall–Kier alpha value is -1.91. The van der Waals surface area contributed by atoms with Crippen LogP contribution in [0.1, 0.15) is 19.4 Å². The number of hydrogen-bond acceptors (Lipinski definition) is 2. The molecule has 1 saturated heterocycles. The average Bonchev–Trinajstić information content (AvgIpc) is 2.58. The lowest BCUT2D eigenvalue weighted by molar-refractivity contribution is -0.123. The quantitative estimate of drug-likeness (QED) is 0.846. The molecule has 2 N–H and O–H groups in total. The fourth-order valence-electron chi connectivity index (χ4n) is 1.98. The second-order valence-electron chi connectivity index (χ2n) is 4.50. The van der Waals surface area contributed by atoms with Crippen LogP contribution in [0.5, 0.6) is 0 Å². The summed E-state index contributed by atoms with van der Waals surface area (Å²) in [5, 5.41) is 5.68. The van der Waals surface area contributed by atoms with E-state index in [1.165, 1.54) is 6.07 Å². The van der Waals surface area contributed by atoms with Crippen molar-refractivity contribution in [1.29, 1.82) is 0 Å². The van der Waals surface area contributed by atoms with Gasteiger partial charge in [0.05, 0.1) is 0 Å². The molecule has 1 aliphatic rings. The van der Waals surface area contributed by atoms with Gasteiger partial charge in [-0.1, -0.05) is 18.2 Å². The number of carbonyl (C=O) groups is 1. The van der Waals surface area contributed by atoms with E-state index in [2.05, 4.69) is 15.6 Å². The smallest absolute Gasteiger partial charge is 0.252 e. The largest absolute Gasteiger partial charge is 0.342 e. The molecule has 1 aliphatic heterocycles. The summed E-state index contributed by atoms with van der Waals surface area (Å²) in [4.78, 5) is 16.0. The first-order valence-corrected chi connectivity index (χ1v) is 5.92. The highest BCUT2D eigenvalue weighted by Crippen LogP contribution is 2.19. The second-order valence-corrected chi connectivity index (χ2v) is 4.50. The molecule has 1 aromatic carbocycles. The zero-order chi connectivity index (χ0) is 13.2. The fraction of sp³-hybridized carbons (Fsp3) is 0.385. The Kier molecular flexibility index (Phi) is 3.32. The normalized spacial score (nSPS) is 25.1. The maximum Gasteiger partial charge on any atom is 0.252 e. The number of guanidine groups is 1. The van der Waals surface area contributed by atoms with Crippen molar-refractivity contribution in [1.82, 2.24) is 10.6 Å². The Morgan fingerprint density at radius 3 is 2.78 bits per heavy atom. The van der Waals surface area contributed by atoms with Crippen LogP contribution in [-0.4, -0.2) is 24.0 Å². The molecule has 0 aliphatic carbocycles. The van der Waals surface area contributed by atoms with Gasteiger partial charge >= 0.3 is 0 Å². The monoisotopic (exact) mass is 249 g/mol. The highest BCUT2D eigenvalue weighted by atomic mass is 19.1. The highest BCUT2D eigenvalue weighted by Gasteiger charge is 2.41. The summed E-state index contributed by atoms with van der Waals surface area (Å²) >= 11 is 0. The molecule has 1 aromatic rings. The topological polar surface area (TPSA) is 53.5 Å². The molecule has 1 heterocycles.